The van der Waals surface area contributed by atoms with Crippen LogP contribution >= 0.6 is 0 Å². The third-order valence-corrected chi connectivity index (χ3v) is 2.97. The van der Waals surface area contributed by atoms with Crippen molar-refractivity contribution in [2.75, 3.05) is 12.9 Å². The quantitative estimate of drug-likeness (QED) is 0.380. The molecule has 0 saturated heterocycles. The highest BCUT2D eigenvalue weighted by molar-refractivity contribution is 7.86. The lowest BCUT2D eigenvalue weighted by Crippen LogP contribution is -2.34. The second kappa shape index (κ2) is 7.66. The molecular weight excluding hydrogens is 244 g/mol. The van der Waals surface area contributed by atoms with Crippen LogP contribution in [0.5, 0.6) is 0 Å². The molecule has 0 aromatic carbocycles. The van der Waals surface area contributed by atoms with E-state index in [4.69, 9.17) is 8.92 Å². The van der Waals surface area contributed by atoms with Crippen molar-refractivity contribution in [3.05, 3.63) is 0 Å². The first kappa shape index (κ1) is 16.4. The molecule has 0 radical (unpaired) electrons. The van der Waals surface area contributed by atoms with Crippen LogP contribution in [-0.2, 0) is 23.8 Å². The maximum absolute atomic E-state index is 11.7. The summed E-state index contributed by atoms with van der Waals surface area (Å²) in [5.41, 5.74) is 0. The van der Waals surface area contributed by atoms with Crippen molar-refractivity contribution in [1.29, 1.82) is 0 Å². The van der Waals surface area contributed by atoms with Gasteiger partial charge in [-0.3, -0.25) is 4.18 Å². The average molecular weight is 266 g/mol. The molecule has 5 nitrogen and oxygen atoms in total. The van der Waals surface area contributed by atoms with Crippen molar-refractivity contribution < 1.29 is 22.1 Å². The van der Waals surface area contributed by atoms with Crippen LogP contribution in [0.15, 0.2) is 0 Å². The second-order valence-corrected chi connectivity index (χ2v) is 5.73. The summed E-state index contributed by atoms with van der Waals surface area (Å²) < 4.78 is 31.9. The van der Waals surface area contributed by atoms with Gasteiger partial charge >= 0.3 is 5.97 Å². The molecule has 0 saturated carbocycles. The summed E-state index contributed by atoms with van der Waals surface area (Å²) in [7, 11) is -3.65. The lowest BCUT2D eigenvalue weighted by Gasteiger charge is -2.20. The van der Waals surface area contributed by atoms with Gasteiger partial charge in [-0.15, -0.1) is 0 Å². The van der Waals surface area contributed by atoms with Crippen LogP contribution < -0.4 is 0 Å². The normalized spacial score (nSPS) is 15.3. The van der Waals surface area contributed by atoms with Crippen LogP contribution in [0.1, 0.15) is 40.0 Å². The molecule has 0 N–H and O–H groups in total. The minimum Gasteiger partial charge on any atom is -0.464 e. The summed E-state index contributed by atoms with van der Waals surface area (Å²) in [6, 6.07) is 0. The lowest BCUT2D eigenvalue weighted by atomic mass is 10.0. The molecule has 0 heterocycles. The van der Waals surface area contributed by atoms with Gasteiger partial charge in [0.15, 0.2) is 6.10 Å². The highest BCUT2D eigenvalue weighted by Crippen LogP contribution is 2.15. The van der Waals surface area contributed by atoms with Gasteiger partial charge < -0.3 is 4.74 Å². The zero-order chi connectivity index (χ0) is 13.5. The third kappa shape index (κ3) is 7.33. The van der Waals surface area contributed by atoms with E-state index in [1.54, 1.807) is 6.92 Å². The first-order chi connectivity index (χ1) is 7.81. The van der Waals surface area contributed by atoms with Crippen molar-refractivity contribution in [1.82, 2.24) is 0 Å². The van der Waals surface area contributed by atoms with Gasteiger partial charge in [0, 0.05) is 0 Å². The molecule has 0 amide bonds. The number of esters is 1. The molecule has 0 aromatic rings. The molecule has 6 heteroatoms. The van der Waals surface area contributed by atoms with E-state index in [-0.39, 0.29) is 5.92 Å². The second-order valence-electron chi connectivity index (χ2n) is 4.13. The highest BCUT2D eigenvalue weighted by atomic mass is 32.2. The van der Waals surface area contributed by atoms with E-state index in [1.807, 2.05) is 13.8 Å². The molecule has 0 spiro atoms. The van der Waals surface area contributed by atoms with Gasteiger partial charge in [0.25, 0.3) is 10.1 Å². The largest absolute Gasteiger partial charge is 0.464 e. The van der Waals surface area contributed by atoms with Gasteiger partial charge in [-0.25, -0.2) is 4.79 Å². The Morgan fingerprint density at radius 1 is 1.29 bits per heavy atom. The molecule has 0 aliphatic heterocycles. The zero-order valence-electron chi connectivity index (χ0n) is 10.9. The standard InChI is InChI=1S/C11H22O5S/c1-5-7-8-15-11(12)10(9(3)6-2)16-17(4,13)14/h9-10H,5-8H2,1-4H3. The van der Waals surface area contributed by atoms with Crippen LogP contribution in [0.25, 0.3) is 0 Å². The first-order valence-electron chi connectivity index (χ1n) is 5.86. The molecule has 0 fully saturated rings. The van der Waals surface area contributed by atoms with Crippen LogP contribution in [0.2, 0.25) is 0 Å². The van der Waals surface area contributed by atoms with Crippen molar-refractivity contribution >= 4 is 16.1 Å². The first-order valence-corrected chi connectivity index (χ1v) is 7.68. The van der Waals surface area contributed by atoms with Gasteiger partial charge in [-0.1, -0.05) is 33.6 Å². The van der Waals surface area contributed by atoms with E-state index in [0.717, 1.165) is 19.1 Å². The number of carbonyl (C=O) groups is 1. The Kier molecular flexibility index (Phi) is 7.38. The maximum atomic E-state index is 11.7. The molecule has 0 aromatic heterocycles. The number of rotatable bonds is 8. The van der Waals surface area contributed by atoms with Gasteiger partial charge in [-0.2, -0.15) is 8.42 Å². The minimum atomic E-state index is -3.65. The van der Waals surface area contributed by atoms with E-state index < -0.39 is 22.2 Å². The Bertz CT molecular complexity index is 323. The highest BCUT2D eigenvalue weighted by Gasteiger charge is 2.30. The summed E-state index contributed by atoms with van der Waals surface area (Å²) in [6.07, 6.45) is 2.21. The summed E-state index contributed by atoms with van der Waals surface area (Å²) >= 11 is 0. The fraction of sp³-hybridized carbons (Fsp3) is 0.909. The number of carbonyl (C=O) groups excluding carboxylic acids is 1. The molecule has 2 atom stereocenters. The molecule has 17 heavy (non-hydrogen) atoms. The SMILES string of the molecule is CCCCOC(=O)C(OS(C)(=O)=O)C(C)CC. The molecule has 0 aliphatic rings. The van der Waals surface area contributed by atoms with E-state index in [1.165, 1.54) is 0 Å². The predicted molar refractivity (Wildman–Crippen MR) is 65.0 cm³/mol. The fourth-order valence-corrected chi connectivity index (χ4v) is 1.81. The summed E-state index contributed by atoms with van der Waals surface area (Å²) in [5.74, 6) is -0.794. The van der Waals surface area contributed by atoms with Crippen molar-refractivity contribution in [2.24, 2.45) is 5.92 Å². The number of unbranched alkanes of at least 4 members (excludes halogenated alkanes) is 1. The van der Waals surface area contributed by atoms with Crippen LogP contribution in [0.3, 0.4) is 0 Å². The Morgan fingerprint density at radius 2 is 1.88 bits per heavy atom. The maximum Gasteiger partial charge on any atom is 0.337 e. The summed E-state index contributed by atoms with van der Waals surface area (Å²) in [5, 5.41) is 0. The van der Waals surface area contributed by atoms with Crippen molar-refractivity contribution in [2.45, 2.75) is 46.1 Å². The van der Waals surface area contributed by atoms with Gasteiger partial charge in [0.05, 0.1) is 12.9 Å². The Balaban J connectivity index is 4.52. The van der Waals surface area contributed by atoms with Crippen LogP contribution in [0, 0.1) is 5.92 Å². The zero-order valence-corrected chi connectivity index (χ0v) is 11.7. The van der Waals surface area contributed by atoms with Gasteiger partial charge in [0.2, 0.25) is 0 Å². The number of ether oxygens (including phenoxy) is 1. The third-order valence-electron chi connectivity index (χ3n) is 2.41. The van der Waals surface area contributed by atoms with Gasteiger partial charge in [-0.05, 0) is 12.3 Å². The Labute approximate surface area is 104 Å². The predicted octanol–water partition coefficient (Wildman–Crippen LogP) is 1.72. The minimum absolute atomic E-state index is 0.196. The van der Waals surface area contributed by atoms with Crippen molar-refractivity contribution in [3.8, 4) is 0 Å². The van der Waals surface area contributed by atoms with E-state index in [9.17, 15) is 13.2 Å². The molecule has 0 rings (SSSR count). The van der Waals surface area contributed by atoms with Crippen molar-refractivity contribution in [3.63, 3.8) is 0 Å². The Morgan fingerprint density at radius 3 is 2.29 bits per heavy atom. The summed E-state index contributed by atoms with van der Waals surface area (Å²) in [6.45, 7) is 5.90. The van der Waals surface area contributed by atoms with E-state index in [0.29, 0.717) is 13.0 Å². The number of hydrogen-bond donors (Lipinski definition) is 0. The summed E-state index contributed by atoms with van der Waals surface area (Å²) in [4.78, 5) is 11.7. The molecule has 0 aliphatic carbocycles. The van der Waals surface area contributed by atoms with Crippen LogP contribution in [0.4, 0.5) is 0 Å². The lowest BCUT2D eigenvalue weighted by molar-refractivity contribution is -0.154. The number of hydrogen-bond acceptors (Lipinski definition) is 5. The molecule has 102 valence electrons. The Hall–Kier alpha value is -0.620. The molecule has 0 bridgehead atoms. The fourth-order valence-electron chi connectivity index (χ4n) is 1.17. The smallest absolute Gasteiger partial charge is 0.337 e. The van der Waals surface area contributed by atoms with Crippen LogP contribution in [-0.4, -0.2) is 33.4 Å². The topological polar surface area (TPSA) is 69.7 Å². The van der Waals surface area contributed by atoms with E-state index >= 15 is 0 Å². The molecule has 2 unspecified atom stereocenters. The average Bonchev–Trinajstić information content (AvgIpc) is 2.24. The van der Waals surface area contributed by atoms with Gasteiger partial charge in [0.1, 0.15) is 0 Å². The monoisotopic (exact) mass is 266 g/mol. The van der Waals surface area contributed by atoms with E-state index in [2.05, 4.69) is 0 Å². The molecular formula is C11H22O5S.